The molecule has 4 fully saturated rings. The standard InChI is InChI=1S/C11H16O2.ClH/c12-11(13)10-8-2-6-1-7(4-8)5-9(10)3-6;/h6-10H,1-5H2,(H,12,13);1H. The summed E-state index contributed by atoms with van der Waals surface area (Å²) in [6.07, 6.45) is 6.25. The summed E-state index contributed by atoms with van der Waals surface area (Å²) >= 11 is 0. The van der Waals surface area contributed by atoms with Crippen LogP contribution >= 0.6 is 12.4 Å². The molecule has 14 heavy (non-hydrogen) atoms. The van der Waals surface area contributed by atoms with E-state index in [4.69, 9.17) is 5.11 Å². The van der Waals surface area contributed by atoms with Crippen LogP contribution in [0.4, 0.5) is 0 Å². The lowest BCUT2D eigenvalue weighted by Crippen LogP contribution is -2.47. The average molecular weight is 217 g/mol. The van der Waals surface area contributed by atoms with Gasteiger partial charge in [-0.1, -0.05) is 0 Å². The van der Waals surface area contributed by atoms with Crippen molar-refractivity contribution in [3.8, 4) is 0 Å². The molecule has 0 heterocycles. The van der Waals surface area contributed by atoms with Crippen LogP contribution in [0, 0.1) is 29.6 Å². The Kier molecular flexibility index (Phi) is 2.50. The van der Waals surface area contributed by atoms with E-state index in [2.05, 4.69) is 0 Å². The van der Waals surface area contributed by atoms with E-state index >= 15 is 0 Å². The summed E-state index contributed by atoms with van der Waals surface area (Å²) < 4.78 is 0. The van der Waals surface area contributed by atoms with Gasteiger partial charge in [0.2, 0.25) is 0 Å². The van der Waals surface area contributed by atoms with Gasteiger partial charge in [0.1, 0.15) is 0 Å². The average Bonchev–Trinajstić information content (AvgIpc) is 2.00. The van der Waals surface area contributed by atoms with E-state index in [0.717, 1.165) is 11.8 Å². The minimum Gasteiger partial charge on any atom is -0.481 e. The van der Waals surface area contributed by atoms with Crippen LogP contribution in [-0.4, -0.2) is 11.1 Å². The molecule has 0 aliphatic heterocycles. The molecule has 0 atom stereocenters. The molecule has 4 rings (SSSR count). The third kappa shape index (κ3) is 1.35. The summed E-state index contributed by atoms with van der Waals surface area (Å²) in [4.78, 5) is 11.1. The SMILES string of the molecule is Cl.O=C(O)C1C2CC3CC(C2)CC1C3. The van der Waals surface area contributed by atoms with Crippen LogP contribution in [0.15, 0.2) is 0 Å². The molecule has 0 aromatic heterocycles. The zero-order valence-corrected chi connectivity index (χ0v) is 9.00. The highest BCUT2D eigenvalue weighted by Gasteiger charge is 2.50. The second-order valence-electron chi connectivity index (χ2n) is 5.29. The van der Waals surface area contributed by atoms with E-state index in [1.807, 2.05) is 0 Å². The number of hydrogen-bond donors (Lipinski definition) is 1. The predicted molar refractivity (Wildman–Crippen MR) is 55.4 cm³/mol. The van der Waals surface area contributed by atoms with Crippen molar-refractivity contribution in [3.63, 3.8) is 0 Å². The maximum absolute atomic E-state index is 11.1. The molecule has 0 saturated heterocycles. The van der Waals surface area contributed by atoms with Gasteiger partial charge in [-0.3, -0.25) is 4.79 Å². The molecule has 0 spiro atoms. The van der Waals surface area contributed by atoms with Crippen molar-refractivity contribution in [3.05, 3.63) is 0 Å². The van der Waals surface area contributed by atoms with Crippen LogP contribution in [0.2, 0.25) is 0 Å². The quantitative estimate of drug-likeness (QED) is 0.732. The Morgan fingerprint density at radius 1 is 0.929 bits per heavy atom. The summed E-state index contributed by atoms with van der Waals surface area (Å²) in [5.41, 5.74) is 0. The summed E-state index contributed by atoms with van der Waals surface area (Å²) in [6, 6.07) is 0. The lowest BCUT2D eigenvalue weighted by atomic mass is 9.52. The normalized spacial score (nSPS) is 48.7. The Hall–Kier alpha value is -0.240. The zero-order valence-electron chi connectivity index (χ0n) is 8.19. The van der Waals surface area contributed by atoms with Gasteiger partial charge < -0.3 is 5.11 Å². The monoisotopic (exact) mass is 216 g/mol. The molecule has 3 heteroatoms. The summed E-state index contributed by atoms with van der Waals surface area (Å²) in [5.74, 6) is 2.35. The van der Waals surface area contributed by atoms with E-state index in [1.165, 1.54) is 32.1 Å². The van der Waals surface area contributed by atoms with Gasteiger partial charge in [0.05, 0.1) is 5.92 Å². The molecule has 80 valence electrons. The molecule has 4 bridgehead atoms. The van der Waals surface area contributed by atoms with Crippen molar-refractivity contribution in [1.29, 1.82) is 0 Å². The second-order valence-corrected chi connectivity index (χ2v) is 5.29. The fourth-order valence-electron chi connectivity index (χ4n) is 4.33. The van der Waals surface area contributed by atoms with Gasteiger partial charge in [0.15, 0.2) is 0 Å². The number of rotatable bonds is 1. The number of halogens is 1. The smallest absolute Gasteiger partial charge is 0.307 e. The maximum Gasteiger partial charge on any atom is 0.307 e. The van der Waals surface area contributed by atoms with E-state index in [9.17, 15) is 4.79 Å². The maximum atomic E-state index is 11.1. The van der Waals surface area contributed by atoms with Crippen molar-refractivity contribution in [2.45, 2.75) is 32.1 Å². The molecular weight excluding hydrogens is 200 g/mol. The van der Waals surface area contributed by atoms with E-state index in [0.29, 0.717) is 11.8 Å². The molecule has 4 aliphatic carbocycles. The first-order valence-electron chi connectivity index (χ1n) is 5.47. The van der Waals surface area contributed by atoms with Crippen molar-refractivity contribution >= 4 is 18.4 Å². The van der Waals surface area contributed by atoms with Crippen molar-refractivity contribution < 1.29 is 9.90 Å². The van der Waals surface area contributed by atoms with Gasteiger partial charge in [0, 0.05) is 0 Å². The van der Waals surface area contributed by atoms with Crippen LogP contribution in [0.5, 0.6) is 0 Å². The molecule has 0 aromatic carbocycles. The fourth-order valence-corrected chi connectivity index (χ4v) is 4.33. The number of carbonyl (C=O) groups is 1. The molecule has 0 amide bonds. The first kappa shape index (κ1) is 10.3. The molecule has 2 nitrogen and oxygen atoms in total. The molecule has 0 aromatic rings. The van der Waals surface area contributed by atoms with Crippen molar-refractivity contribution in [1.82, 2.24) is 0 Å². The topological polar surface area (TPSA) is 37.3 Å². The number of carboxylic acids is 1. The van der Waals surface area contributed by atoms with Crippen LogP contribution in [0.3, 0.4) is 0 Å². The Morgan fingerprint density at radius 3 is 1.71 bits per heavy atom. The van der Waals surface area contributed by atoms with Gasteiger partial charge in [-0.05, 0) is 55.8 Å². The molecular formula is C11H17ClO2. The summed E-state index contributed by atoms with van der Waals surface area (Å²) in [5, 5.41) is 9.15. The Bertz CT molecular complexity index is 224. The zero-order chi connectivity index (χ0) is 9.00. The Labute approximate surface area is 90.5 Å². The summed E-state index contributed by atoms with van der Waals surface area (Å²) in [6.45, 7) is 0. The van der Waals surface area contributed by atoms with Gasteiger partial charge in [-0.25, -0.2) is 0 Å². The van der Waals surface area contributed by atoms with Crippen LogP contribution in [0.1, 0.15) is 32.1 Å². The summed E-state index contributed by atoms with van der Waals surface area (Å²) in [7, 11) is 0. The van der Waals surface area contributed by atoms with Crippen LogP contribution in [-0.2, 0) is 4.79 Å². The molecule has 0 radical (unpaired) electrons. The van der Waals surface area contributed by atoms with Crippen LogP contribution < -0.4 is 0 Å². The first-order chi connectivity index (χ1) is 6.24. The third-order valence-corrected chi connectivity index (χ3v) is 4.51. The number of carboxylic acid groups (broad SMARTS) is 1. The highest BCUT2D eigenvalue weighted by Crippen LogP contribution is 2.56. The Morgan fingerprint density at radius 2 is 1.36 bits per heavy atom. The Balaban J connectivity index is 0.000000750. The number of hydrogen-bond acceptors (Lipinski definition) is 1. The fraction of sp³-hybridized carbons (Fsp3) is 0.909. The van der Waals surface area contributed by atoms with Gasteiger partial charge in [0.25, 0.3) is 0 Å². The predicted octanol–water partition coefficient (Wildman–Crippen LogP) is 2.57. The molecule has 1 N–H and O–H groups in total. The lowest BCUT2D eigenvalue weighted by Gasteiger charge is -2.52. The minimum absolute atomic E-state index is 0. The highest BCUT2D eigenvalue weighted by atomic mass is 35.5. The van der Waals surface area contributed by atoms with Crippen LogP contribution in [0.25, 0.3) is 0 Å². The highest BCUT2D eigenvalue weighted by molar-refractivity contribution is 5.85. The van der Waals surface area contributed by atoms with Crippen molar-refractivity contribution in [2.75, 3.05) is 0 Å². The third-order valence-electron chi connectivity index (χ3n) is 4.51. The molecule has 4 aliphatic rings. The lowest BCUT2D eigenvalue weighted by molar-refractivity contribution is -0.155. The largest absolute Gasteiger partial charge is 0.481 e. The van der Waals surface area contributed by atoms with Crippen molar-refractivity contribution in [2.24, 2.45) is 29.6 Å². The molecule has 0 unspecified atom stereocenters. The minimum atomic E-state index is -0.520. The second kappa shape index (κ2) is 3.41. The van der Waals surface area contributed by atoms with Gasteiger partial charge >= 0.3 is 5.97 Å². The first-order valence-corrected chi connectivity index (χ1v) is 5.47. The van der Waals surface area contributed by atoms with Gasteiger partial charge in [-0.2, -0.15) is 0 Å². The van der Waals surface area contributed by atoms with E-state index < -0.39 is 5.97 Å². The molecule has 4 saturated carbocycles. The number of aliphatic carboxylic acids is 1. The van der Waals surface area contributed by atoms with E-state index in [1.54, 1.807) is 0 Å². The van der Waals surface area contributed by atoms with E-state index in [-0.39, 0.29) is 18.3 Å². The van der Waals surface area contributed by atoms with Gasteiger partial charge in [-0.15, -0.1) is 12.4 Å².